The molecule has 18 heavy (non-hydrogen) atoms. The summed E-state index contributed by atoms with van der Waals surface area (Å²) in [6.07, 6.45) is 4.28. The van der Waals surface area contributed by atoms with Gasteiger partial charge in [-0.25, -0.2) is 4.57 Å². The Morgan fingerprint density at radius 3 is 2.28 bits per heavy atom. The van der Waals surface area contributed by atoms with Gasteiger partial charge in [0.15, 0.2) is 18.9 Å². The highest BCUT2D eigenvalue weighted by atomic mass is 32.2. The van der Waals surface area contributed by atoms with Gasteiger partial charge >= 0.3 is 0 Å². The first-order valence-corrected chi connectivity index (χ1v) is 7.08. The predicted molar refractivity (Wildman–Crippen MR) is 78.1 cm³/mol. The van der Waals surface area contributed by atoms with Crippen LogP contribution in [0.25, 0.3) is 0 Å². The maximum atomic E-state index is 2.23. The second kappa shape index (κ2) is 6.45. The molecule has 0 bridgehead atoms. The molecular formula is C15H19N2S+. The van der Waals surface area contributed by atoms with E-state index in [4.69, 9.17) is 0 Å². The van der Waals surface area contributed by atoms with Crippen molar-refractivity contribution in [2.45, 2.75) is 11.4 Å². The Morgan fingerprint density at radius 2 is 1.67 bits per heavy atom. The van der Waals surface area contributed by atoms with E-state index < -0.39 is 0 Å². The molecule has 0 saturated carbocycles. The standard InChI is InChI=1S/C15H19N2S/c1-16(2)14-8-10-17(11-9-14)12-13-18-15-6-4-3-5-7-15/h3-11H,12-13H2,1-2H3/q+1. The first-order valence-electron chi connectivity index (χ1n) is 6.10. The Labute approximate surface area is 113 Å². The van der Waals surface area contributed by atoms with Gasteiger partial charge in [0.25, 0.3) is 0 Å². The molecule has 0 aliphatic heterocycles. The van der Waals surface area contributed by atoms with Crippen molar-refractivity contribution in [3.05, 3.63) is 54.9 Å². The molecule has 0 spiro atoms. The average Bonchev–Trinajstić information content (AvgIpc) is 2.40. The molecule has 0 N–H and O–H groups in total. The van der Waals surface area contributed by atoms with Gasteiger partial charge in [-0.1, -0.05) is 18.2 Å². The largest absolute Gasteiger partial charge is 0.377 e. The van der Waals surface area contributed by atoms with Gasteiger partial charge in [-0.3, -0.25) is 0 Å². The zero-order chi connectivity index (χ0) is 12.8. The fourth-order valence-corrected chi connectivity index (χ4v) is 2.57. The normalized spacial score (nSPS) is 10.3. The minimum atomic E-state index is 1.03. The van der Waals surface area contributed by atoms with E-state index >= 15 is 0 Å². The van der Waals surface area contributed by atoms with Gasteiger partial charge in [0, 0.05) is 36.8 Å². The van der Waals surface area contributed by atoms with Crippen molar-refractivity contribution < 1.29 is 4.57 Å². The van der Waals surface area contributed by atoms with Gasteiger partial charge in [-0.15, -0.1) is 11.8 Å². The van der Waals surface area contributed by atoms with Crippen LogP contribution >= 0.6 is 11.8 Å². The average molecular weight is 259 g/mol. The van der Waals surface area contributed by atoms with Crippen molar-refractivity contribution >= 4 is 17.4 Å². The SMILES string of the molecule is CN(C)c1cc[n+](CCSc2ccccc2)cc1. The van der Waals surface area contributed by atoms with Gasteiger partial charge < -0.3 is 4.90 Å². The summed E-state index contributed by atoms with van der Waals surface area (Å²) in [5.74, 6) is 1.09. The molecule has 94 valence electrons. The highest BCUT2D eigenvalue weighted by molar-refractivity contribution is 7.99. The van der Waals surface area contributed by atoms with Crippen molar-refractivity contribution in [1.82, 2.24) is 0 Å². The molecule has 1 aromatic carbocycles. The van der Waals surface area contributed by atoms with E-state index in [9.17, 15) is 0 Å². The molecule has 0 radical (unpaired) electrons. The molecule has 2 aromatic rings. The third-order valence-corrected chi connectivity index (χ3v) is 3.74. The van der Waals surface area contributed by atoms with Crippen LogP contribution in [0, 0.1) is 0 Å². The number of hydrogen-bond acceptors (Lipinski definition) is 2. The van der Waals surface area contributed by atoms with Crippen LogP contribution in [0.2, 0.25) is 0 Å². The van der Waals surface area contributed by atoms with Crippen LogP contribution in [-0.4, -0.2) is 19.8 Å². The van der Waals surface area contributed by atoms with E-state index in [0.717, 1.165) is 12.3 Å². The summed E-state index contributed by atoms with van der Waals surface area (Å²) < 4.78 is 2.23. The zero-order valence-electron chi connectivity index (χ0n) is 10.9. The minimum Gasteiger partial charge on any atom is -0.377 e. The van der Waals surface area contributed by atoms with E-state index in [-0.39, 0.29) is 0 Å². The van der Waals surface area contributed by atoms with E-state index in [1.165, 1.54) is 10.6 Å². The quantitative estimate of drug-likeness (QED) is 0.602. The fourth-order valence-electron chi connectivity index (χ4n) is 1.68. The lowest BCUT2D eigenvalue weighted by molar-refractivity contribution is -0.692. The molecular weight excluding hydrogens is 240 g/mol. The van der Waals surface area contributed by atoms with Gasteiger partial charge in [-0.2, -0.15) is 0 Å². The minimum absolute atomic E-state index is 1.03. The molecule has 0 saturated heterocycles. The number of nitrogens with zero attached hydrogens (tertiary/aromatic N) is 2. The molecule has 1 aromatic heterocycles. The maximum absolute atomic E-state index is 2.23. The van der Waals surface area contributed by atoms with Gasteiger partial charge in [0.05, 0.1) is 5.75 Å². The van der Waals surface area contributed by atoms with Crippen LogP contribution in [-0.2, 0) is 6.54 Å². The maximum Gasteiger partial charge on any atom is 0.170 e. The Kier molecular flexibility index (Phi) is 4.65. The fraction of sp³-hybridized carbons (Fsp3) is 0.267. The van der Waals surface area contributed by atoms with E-state index in [1.54, 1.807) is 0 Å². The molecule has 0 aliphatic rings. The highest BCUT2D eigenvalue weighted by Gasteiger charge is 2.02. The summed E-state index contributed by atoms with van der Waals surface area (Å²) in [6.45, 7) is 1.03. The first kappa shape index (κ1) is 13.0. The first-order chi connectivity index (χ1) is 8.75. The van der Waals surface area contributed by atoms with Crippen molar-refractivity contribution in [3.63, 3.8) is 0 Å². The number of hydrogen-bond donors (Lipinski definition) is 0. The lowest BCUT2D eigenvalue weighted by Crippen LogP contribution is -2.34. The summed E-state index contributed by atoms with van der Waals surface area (Å²) in [6, 6.07) is 14.8. The number of pyridine rings is 1. The summed E-state index contributed by atoms with van der Waals surface area (Å²) in [4.78, 5) is 3.45. The van der Waals surface area contributed by atoms with Crippen LogP contribution in [0.3, 0.4) is 0 Å². The highest BCUT2D eigenvalue weighted by Crippen LogP contribution is 2.16. The Hall–Kier alpha value is -1.48. The van der Waals surface area contributed by atoms with Crippen molar-refractivity contribution in [1.29, 1.82) is 0 Å². The number of benzene rings is 1. The number of anilines is 1. The van der Waals surface area contributed by atoms with Crippen LogP contribution in [0.4, 0.5) is 5.69 Å². The Balaban J connectivity index is 1.83. The second-order valence-corrected chi connectivity index (χ2v) is 5.52. The summed E-state index contributed by atoms with van der Waals surface area (Å²) in [5.41, 5.74) is 1.24. The number of aryl methyl sites for hydroxylation is 1. The van der Waals surface area contributed by atoms with Crippen LogP contribution in [0.5, 0.6) is 0 Å². The van der Waals surface area contributed by atoms with E-state index in [2.05, 4.69) is 78.4 Å². The van der Waals surface area contributed by atoms with Crippen molar-refractivity contribution in [2.75, 3.05) is 24.7 Å². The third kappa shape index (κ3) is 3.77. The number of aromatic nitrogens is 1. The Bertz CT molecular complexity index is 466. The smallest absolute Gasteiger partial charge is 0.170 e. The van der Waals surface area contributed by atoms with Crippen LogP contribution in [0.1, 0.15) is 0 Å². The molecule has 0 aliphatic carbocycles. The van der Waals surface area contributed by atoms with E-state index in [0.29, 0.717) is 0 Å². The molecule has 1 heterocycles. The second-order valence-electron chi connectivity index (χ2n) is 4.35. The summed E-state index contributed by atoms with van der Waals surface area (Å²) in [7, 11) is 4.12. The van der Waals surface area contributed by atoms with Gasteiger partial charge in [0.1, 0.15) is 0 Å². The van der Waals surface area contributed by atoms with Crippen molar-refractivity contribution in [2.24, 2.45) is 0 Å². The molecule has 0 fully saturated rings. The molecule has 3 heteroatoms. The number of thioether (sulfide) groups is 1. The van der Waals surface area contributed by atoms with Crippen LogP contribution < -0.4 is 9.47 Å². The van der Waals surface area contributed by atoms with Gasteiger partial charge in [-0.05, 0) is 12.1 Å². The monoisotopic (exact) mass is 259 g/mol. The Morgan fingerprint density at radius 1 is 1.00 bits per heavy atom. The topological polar surface area (TPSA) is 7.12 Å². The summed E-state index contributed by atoms with van der Waals surface area (Å²) >= 11 is 1.89. The molecule has 0 atom stereocenters. The predicted octanol–water partition coefficient (Wildman–Crippen LogP) is 2.83. The van der Waals surface area contributed by atoms with Crippen LogP contribution in [0.15, 0.2) is 59.8 Å². The summed E-state index contributed by atoms with van der Waals surface area (Å²) in [5, 5.41) is 0. The lowest BCUT2D eigenvalue weighted by Gasteiger charge is -2.10. The lowest BCUT2D eigenvalue weighted by atomic mass is 10.4. The third-order valence-electron chi connectivity index (χ3n) is 2.75. The van der Waals surface area contributed by atoms with E-state index in [1.807, 2.05) is 11.8 Å². The molecule has 0 amide bonds. The molecule has 2 nitrogen and oxygen atoms in total. The van der Waals surface area contributed by atoms with Gasteiger partial charge in [0.2, 0.25) is 0 Å². The molecule has 2 rings (SSSR count). The zero-order valence-corrected chi connectivity index (χ0v) is 11.7. The number of rotatable bonds is 5. The molecule has 0 unspecified atom stereocenters. The van der Waals surface area contributed by atoms with Crippen molar-refractivity contribution in [3.8, 4) is 0 Å².